The van der Waals surface area contributed by atoms with Crippen LogP contribution in [0.1, 0.15) is 11.3 Å². The first-order valence-electron chi connectivity index (χ1n) is 4.59. The van der Waals surface area contributed by atoms with Crippen molar-refractivity contribution < 1.29 is 0 Å². The monoisotopic (exact) mass is 195 g/mol. The number of aryl methyl sites for hydroxylation is 1. The second-order valence-electron chi connectivity index (χ2n) is 3.23. The summed E-state index contributed by atoms with van der Waals surface area (Å²) >= 11 is 0. The number of hydrogen-bond donors (Lipinski definition) is 0. The predicted octanol–water partition coefficient (Wildman–Crippen LogP) is 2.32. The van der Waals surface area contributed by atoms with Crippen molar-refractivity contribution in [2.24, 2.45) is 0 Å². The first-order valence-corrected chi connectivity index (χ1v) is 4.59. The lowest BCUT2D eigenvalue weighted by atomic mass is 10.1. The highest BCUT2D eigenvalue weighted by molar-refractivity contribution is 5.58. The van der Waals surface area contributed by atoms with E-state index in [0.29, 0.717) is 5.56 Å². The normalized spacial score (nSPS) is 9.60. The fourth-order valence-electron chi connectivity index (χ4n) is 1.25. The van der Waals surface area contributed by atoms with Crippen LogP contribution in [0.25, 0.3) is 11.3 Å². The van der Waals surface area contributed by atoms with Crippen LogP contribution in [-0.4, -0.2) is 9.97 Å². The van der Waals surface area contributed by atoms with E-state index in [9.17, 15) is 0 Å². The highest BCUT2D eigenvalue weighted by Crippen LogP contribution is 2.15. The van der Waals surface area contributed by atoms with Crippen molar-refractivity contribution in [1.29, 1.82) is 5.26 Å². The van der Waals surface area contributed by atoms with E-state index in [0.717, 1.165) is 17.0 Å². The maximum absolute atomic E-state index is 8.63. The quantitative estimate of drug-likeness (QED) is 0.701. The third kappa shape index (κ3) is 2.00. The van der Waals surface area contributed by atoms with Gasteiger partial charge in [0, 0.05) is 23.7 Å². The minimum Gasteiger partial charge on any atom is -0.261 e. The molecule has 0 radical (unpaired) electrons. The lowest BCUT2D eigenvalue weighted by molar-refractivity contribution is 1.19. The van der Waals surface area contributed by atoms with Gasteiger partial charge in [-0.3, -0.25) is 9.97 Å². The molecule has 0 aliphatic rings. The summed E-state index contributed by atoms with van der Waals surface area (Å²) in [5.74, 6) is 0. The van der Waals surface area contributed by atoms with Crippen LogP contribution < -0.4 is 0 Å². The van der Waals surface area contributed by atoms with Gasteiger partial charge in [0.1, 0.15) is 6.07 Å². The van der Waals surface area contributed by atoms with E-state index < -0.39 is 0 Å². The van der Waals surface area contributed by atoms with Crippen molar-refractivity contribution in [3.63, 3.8) is 0 Å². The van der Waals surface area contributed by atoms with Gasteiger partial charge in [-0.15, -0.1) is 0 Å². The SMILES string of the molecule is Cc1ccc(-c2ccc(C#N)cn2)cn1. The van der Waals surface area contributed by atoms with Gasteiger partial charge in [-0.05, 0) is 31.2 Å². The Morgan fingerprint density at radius 3 is 2.47 bits per heavy atom. The Balaban J connectivity index is 2.38. The molecule has 0 aliphatic carbocycles. The van der Waals surface area contributed by atoms with E-state index in [2.05, 4.69) is 9.97 Å². The number of aromatic nitrogens is 2. The molecule has 2 aromatic heterocycles. The fourth-order valence-corrected chi connectivity index (χ4v) is 1.25. The van der Waals surface area contributed by atoms with E-state index in [1.54, 1.807) is 18.5 Å². The molecule has 0 atom stereocenters. The van der Waals surface area contributed by atoms with Crippen LogP contribution in [0.4, 0.5) is 0 Å². The molecule has 0 unspecified atom stereocenters. The van der Waals surface area contributed by atoms with E-state index in [4.69, 9.17) is 5.26 Å². The molecule has 0 saturated heterocycles. The molecule has 15 heavy (non-hydrogen) atoms. The highest BCUT2D eigenvalue weighted by atomic mass is 14.7. The minimum absolute atomic E-state index is 0.568. The summed E-state index contributed by atoms with van der Waals surface area (Å²) in [7, 11) is 0. The maximum Gasteiger partial charge on any atom is 0.101 e. The first kappa shape index (κ1) is 9.35. The molecular weight excluding hydrogens is 186 g/mol. The molecule has 3 heteroatoms. The summed E-state index contributed by atoms with van der Waals surface area (Å²) in [6, 6.07) is 9.52. The van der Waals surface area contributed by atoms with Gasteiger partial charge < -0.3 is 0 Å². The molecule has 0 amide bonds. The molecule has 0 aliphatic heterocycles. The average molecular weight is 195 g/mol. The van der Waals surface area contributed by atoms with Crippen LogP contribution in [0.15, 0.2) is 36.7 Å². The van der Waals surface area contributed by atoms with Crippen molar-refractivity contribution in [1.82, 2.24) is 9.97 Å². The van der Waals surface area contributed by atoms with Gasteiger partial charge >= 0.3 is 0 Å². The molecule has 2 rings (SSSR count). The Kier molecular flexibility index (Phi) is 2.42. The molecule has 0 aromatic carbocycles. The van der Waals surface area contributed by atoms with Crippen molar-refractivity contribution >= 4 is 0 Å². The first-order chi connectivity index (χ1) is 7.29. The summed E-state index contributed by atoms with van der Waals surface area (Å²) < 4.78 is 0. The lowest BCUT2D eigenvalue weighted by Crippen LogP contribution is -1.86. The smallest absolute Gasteiger partial charge is 0.101 e. The van der Waals surface area contributed by atoms with Gasteiger partial charge in [0.15, 0.2) is 0 Å². The Morgan fingerprint density at radius 2 is 1.93 bits per heavy atom. The topological polar surface area (TPSA) is 49.6 Å². The number of nitrogens with zero attached hydrogens (tertiary/aromatic N) is 3. The fraction of sp³-hybridized carbons (Fsp3) is 0.0833. The van der Waals surface area contributed by atoms with E-state index in [1.807, 2.05) is 31.2 Å². The molecule has 2 heterocycles. The van der Waals surface area contributed by atoms with Gasteiger partial charge in [0.25, 0.3) is 0 Å². The van der Waals surface area contributed by atoms with Crippen molar-refractivity contribution in [3.05, 3.63) is 47.9 Å². The minimum atomic E-state index is 0.568. The van der Waals surface area contributed by atoms with Crippen LogP contribution in [0.5, 0.6) is 0 Å². The Hall–Kier alpha value is -2.21. The Labute approximate surface area is 88.1 Å². The lowest BCUT2D eigenvalue weighted by Gasteiger charge is -2.00. The van der Waals surface area contributed by atoms with Crippen molar-refractivity contribution in [3.8, 4) is 17.3 Å². The number of nitriles is 1. The van der Waals surface area contributed by atoms with Gasteiger partial charge in [-0.2, -0.15) is 5.26 Å². The second-order valence-corrected chi connectivity index (χ2v) is 3.23. The third-order valence-corrected chi connectivity index (χ3v) is 2.10. The molecule has 3 nitrogen and oxygen atoms in total. The summed E-state index contributed by atoms with van der Waals surface area (Å²) in [5.41, 5.74) is 3.35. The van der Waals surface area contributed by atoms with E-state index in [-0.39, 0.29) is 0 Å². The summed E-state index contributed by atoms with van der Waals surface area (Å²) in [6.07, 6.45) is 3.35. The van der Waals surface area contributed by atoms with Crippen molar-refractivity contribution in [2.45, 2.75) is 6.92 Å². The number of hydrogen-bond acceptors (Lipinski definition) is 3. The standard InChI is InChI=1S/C12H9N3/c1-9-2-4-11(8-14-9)12-5-3-10(6-13)7-15-12/h2-5,7-8H,1H3. The molecule has 0 bridgehead atoms. The van der Waals surface area contributed by atoms with E-state index >= 15 is 0 Å². The van der Waals surface area contributed by atoms with Gasteiger partial charge in [-0.25, -0.2) is 0 Å². The average Bonchev–Trinajstić information content (AvgIpc) is 2.30. The largest absolute Gasteiger partial charge is 0.261 e. The molecule has 0 saturated carbocycles. The third-order valence-electron chi connectivity index (χ3n) is 2.10. The van der Waals surface area contributed by atoms with Crippen LogP contribution >= 0.6 is 0 Å². The zero-order valence-corrected chi connectivity index (χ0v) is 8.31. The van der Waals surface area contributed by atoms with Crippen LogP contribution in [0.2, 0.25) is 0 Å². The van der Waals surface area contributed by atoms with Gasteiger partial charge in [0.05, 0.1) is 11.3 Å². The van der Waals surface area contributed by atoms with Gasteiger partial charge in [-0.1, -0.05) is 0 Å². The number of rotatable bonds is 1. The summed E-state index contributed by atoms with van der Waals surface area (Å²) in [5, 5.41) is 8.63. The summed E-state index contributed by atoms with van der Waals surface area (Å²) in [6.45, 7) is 1.94. The van der Waals surface area contributed by atoms with Crippen LogP contribution in [-0.2, 0) is 0 Å². The Bertz CT molecular complexity index is 492. The summed E-state index contributed by atoms with van der Waals surface area (Å²) in [4.78, 5) is 8.38. The van der Waals surface area contributed by atoms with Gasteiger partial charge in [0.2, 0.25) is 0 Å². The van der Waals surface area contributed by atoms with Crippen molar-refractivity contribution in [2.75, 3.05) is 0 Å². The zero-order chi connectivity index (χ0) is 10.7. The second kappa shape index (κ2) is 3.89. The molecule has 2 aromatic rings. The van der Waals surface area contributed by atoms with E-state index in [1.165, 1.54) is 0 Å². The Morgan fingerprint density at radius 1 is 1.07 bits per heavy atom. The highest BCUT2D eigenvalue weighted by Gasteiger charge is 1.99. The van der Waals surface area contributed by atoms with Crippen LogP contribution in [0.3, 0.4) is 0 Å². The molecule has 0 spiro atoms. The van der Waals surface area contributed by atoms with Crippen LogP contribution in [0, 0.1) is 18.3 Å². The molecule has 72 valence electrons. The molecular formula is C12H9N3. The number of pyridine rings is 2. The zero-order valence-electron chi connectivity index (χ0n) is 8.31. The molecule has 0 fully saturated rings. The maximum atomic E-state index is 8.63. The molecule has 0 N–H and O–H groups in total. The predicted molar refractivity (Wildman–Crippen MR) is 56.9 cm³/mol.